The molecule has 13 N–H and O–H groups in total. The van der Waals surface area contributed by atoms with Crippen molar-refractivity contribution in [2.45, 2.75) is 110 Å². The van der Waals surface area contributed by atoms with Gasteiger partial charge in [0.1, 0.15) is 30.2 Å². The lowest BCUT2D eigenvalue weighted by Crippen LogP contribution is -2.61. The van der Waals surface area contributed by atoms with Crippen molar-refractivity contribution < 1.29 is 39.0 Å². The number of aliphatic hydroxyl groups excluding tert-OH is 1. The fourth-order valence-corrected chi connectivity index (χ4v) is 4.19. The highest BCUT2D eigenvalue weighted by Crippen LogP contribution is 2.13. The number of hydrogen-bond acceptors (Lipinski definition) is 9. The van der Waals surface area contributed by atoms with Crippen LogP contribution in [-0.4, -0.2) is 101 Å². The number of nitrogens with one attached hydrogen (secondary N) is 5. The minimum absolute atomic E-state index is 0.0711. The van der Waals surface area contributed by atoms with Crippen molar-refractivity contribution >= 4 is 41.5 Å². The lowest BCUT2D eigenvalue weighted by molar-refractivity contribution is -0.143. The highest BCUT2D eigenvalue weighted by atomic mass is 16.4. The topological polar surface area (TPSA) is 293 Å². The molecule has 0 aromatic heterocycles. The Bertz CT molecular complexity index is 1070. The minimum Gasteiger partial charge on any atom is -0.480 e. The molecular formula is C29H55N9O8. The van der Waals surface area contributed by atoms with E-state index < -0.39 is 90.2 Å². The number of carboxylic acids is 1. The predicted molar refractivity (Wildman–Crippen MR) is 172 cm³/mol. The molecule has 0 spiro atoms. The molecule has 46 heavy (non-hydrogen) atoms. The number of carbonyl (C=O) groups is 6. The first-order chi connectivity index (χ1) is 21.4. The van der Waals surface area contributed by atoms with Crippen LogP contribution in [0.3, 0.4) is 0 Å². The predicted octanol–water partition coefficient (Wildman–Crippen LogP) is -2.36. The van der Waals surface area contributed by atoms with Gasteiger partial charge in [-0.2, -0.15) is 0 Å². The molecule has 0 fully saturated rings. The van der Waals surface area contributed by atoms with Crippen LogP contribution < -0.4 is 43.8 Å². The second-order valence-electron chi connectivity index (χ2n) is 11.8. The molecule has 5 amide bonds. The fourth-order valence-electron chi connectivity index (χ4n) is 4.19. The Labute approximate surface area is 270 Å². The molecule has 0 saturated carbocycles. The van der Waals surface area contributed by atoms with Gasteiger partial charge in [-0.1, -0.05) is 54.4 Å². The van der Waals surface area contributed by atoms with Crippen LogP contribution in [0.1, 0.15) is 74.1 Å². The van der Waals surface area contributed by atoms with Crippen molar-refractivity contribution in [3.8, 4) is 0 Å². The summed E-state index contributed by atoms with van der Waals surface area (Å²) in [6.45, 7) is 11.3. The first-order valence-electron chi connectivity index (χ1n) is 15.6. The van der Waals surface area contributed by atoms with Gasteiger partial charge in [0.2, 0.25) is 29.5 Å². The zero-order valence-corrected chi connectivity index (χ0v) is 28.0. The molecule has 17 heteroatoms. The van der Waals surface area contributed by atoms with Gasteiger partial charge >= 0.3 is 5.97 Å². The van der Waals surface area contributed by atoms with E-state index in [-0.39, 0.29) is 18.3 Å². The van der Waals surface area contributed by atoms with Gasteiger partial charge < -0.3 is 54.0 Å². The van der Waals surface area contributed by atoms with Gasteiger partial charge in [0.25, 0.3) is 0 Å². The van der Waals surface area contributed by atoms with Gasteiger partial charge in [-0.3, -0.25) is 29.0 Å². The number of aliphatic imine (C=N–C) groups is 1. The summed E-state index contributed by atoms with van der Waals surface area (Å²) < 4.78 is 0. The number of aliphatic hydroxyl groups is 1. The monoisotopic (exact) mass is 657 g/mol. The summed E-state index contributed by atoms with van der Waals surface area (Å²) in [6, 6.07) is -6.87. The van der Waals surface area contributed by atoms with Crippen LogP contribution in [-0.2, 0) is 28.8 Å². The maximum Gasteiger partial charge on any atom is 0.328 e. The van der Waals surface area contributed by atoms with Crippen molar-refractivity contribution in [1.29, 1.82) is 0 Å². The number of nitrogens with zero attached hydrogens (tertiary/aromatic N) is 1. The fraction of sp³-hybridized carbons (Fsp3) is 0.759. The van der Waals surface area contributed by atoms with Gasteiger partial charge in [0, 0.05) is 6.54 Å². The number of amides is 5. The molecule has 0 rings (SSSR count). The molecule has 0 aliphatic heterocycles. The van der Waals surface area contributed by atoms with Gasteiger partial charge in [-0.25, -0.2) is 4.79 Å². The van der Waals surface area contributed by atoms with Crippen molar-refractivity contribution in [2.24, 2.45) is 39.9 Å². The van der Waals surface area contributed by atoms with Crippen LogP contribution in [0, 0.1) is 17.8 Å². The highest BCUT2D eigenvalue weighted by Gasteiger charge is 2.35. The summed E-state index contributed by atoms with van der Waals surface area (Å²) in [5.74, 6) is -6.00. The Morgan fingerprint density at radius 3 is 1.59 bits per heavy atom. The molecule has 0 aromatic carbocycles. The second-order valence-corrected chi connectivity index (χ2v) is 11.8. The van der Waals surface area contributed by atoms with Crippen LogP contribution in [0.2, 0.25) is 0 Å². The van der Waals surface area contributed by atoms with Gasteiger partial charge in [-0.15, -0.1) is 0 Å². The van der Waals surface area contributed by atoms with E-state index in [2.05, 4.69) is 31.6 Å². The van der Waals surface area contributed by atoms with Crippen molar-refractivity contribution in [1.82, 2.24) is 26.6 Å². The van der Waals surface area contributed by atoms with Crippen LogP contribution >= 0.6 is 0 Å². The number of carbonyl (C=O) groups excluding carboxylic acids is 5. The second kappa shape index (κ2) is 20.9. The van der Waals surface area contributed by atoms with E-state index in [0.717, 1.165) is 0 Å². The van der Waals surface area contributed by atoms with Crippen LogP contribution in [0.5, 0.6) is 0 Å². The SMILES string of the molecule is CC[C@H](C)[C@H](NC(=O)[C@@H](NC(=O)[C@@H](NC(=O)[C@@H](N)CCCN=C(N)N)[C@@H](C)CC)C(C)C)C(=O)N[C@@H](C)C(=O)N[C@@H](CO)C(=O)O. The average Bonchev–Trinajstić information content (AvgIpc) is 2.99. The van der Waals surface area contributed by atoms with E-state index in [0.29, 0.717) is 25.8 Å². The zero-order valence-electron chi connectivity index (χ0n) is 28.0. The normalized spacial score (nSPS) is 16.3. The minimum atomic E-state index is -1.55. The van der Waals surface area contributed by atoms with E-state index >= 15 is 0 Å². The number of rotatable bonds is 21. The summed E-state index contributed by atoms with van der Waals surface area (Å²) in [5.41, 5.74) is 16.6. The first-order valence-corrected chi connectivity index (χ1v) is 15.6. The number of nitrogens with two attached hydrogens (primary N) is 3. The third kappa shape index (κ3) is 14.4. The summed E-state index contributed by atoms with van der Waals surface area (Å²) in [5, 5.41) is 30.9. The molecule has 0 unspecified atom stereocenters. The Morgan fingerprint density at radius 1 is 0.696 bits per heavy atom. The van der Waals surface area contributed by atoms with E-state index in [1.807, 2.05) is 6.92 Å². The van der Waals surface area contributed by atoms with Gasteiger partial charge in [0.15, 0.2) is 5.96 Å². The maximum atomic E-state index is 13.5. The number of carboxylic acid groups (broad SMARTS) is 1. The van der Waals surface area contributed by atoms with E-state index in [1.165, 1.54) is 6.92 Å². The number of hydrogen-bond donors (Lipinski definition) is 10. The summed E-state index contributed by atoms with van der Waals surface area (Å²) >= 11 is 0. The van der Waals surface area contributed by atoms with Crippen LogP contribution in [0.4, 0.5) is 0 Å². The molecule has 0 aliphatic carbocycles. The standard InChI is InChI=1S/C29H55N9O8/c1-8-15(5)21(26(43)34-17(7)23(40)35-19(13-39)28(45)46)38-25(42)20(14(3)4)36-27(44)22(16(6)9-2)37-24(41)18(30)11-10-12-33-29(31)32/h14-22,39H,8-13,30H2,1-7H3,(H,34,43)(H,35,40)(H,36,44)(H,37,41)(H,38,42)(H,45,46)(H4,31,32,33)/t15-,16-,17-,18-,19-,20-,21-,22-/m0/s1. The molecule has 0 heterocycles. The number of guanidine groups is 1. The Kier molecular flexibility index (Phi) is 19.1. The molecule has 0 aliphatic rings. The van der Waals surface area contributed by atoms with Crippen molar-refractivity contribution in [3.05, 3.63) is 0 Å². The molecule has 264 valence electrons. The molecule has 8 atom stereocenters. The lowest BCUT2D eigenvalue weighted by atomic mass is 9.94. The lowest BCUT2D eigenvalue weighted by Gasteiger charge is -2.31. The van der Waals surface area contributed by atoms with Crippen LogP contribution in [0.25, 0.3) is 0 Å². The van der Waals surface area contributed by atoms with Crippen molar-refractivity contribution in [2.75, 3.05) is 13.2 Å². The third-order valence-corrected chi connectivity index (χ3v) is 7.69. The summed E-state index contributed by atoms with van der Waals surface area (Å²) in [4.78, 5) is 80.4. The smallest absolute Gasteiger partial charge is 0.328 e. The van der Waals surface area contributed by atoms with E-state index in [1.54, 1.807) is 34.6 Å². The zero-order chi connectivity index (χ0) is 35.7. The largest absolute Gasteiger partial charge is 0.480 e. The van der Waals surface area contributed by atoms with Gasteiger partial charge in [0.05, 0.1) is 12.6 Å². The molecule has 0 saturated heterocycles. The summed E-state index contributed by atoms with van der Waals surface area (Å²) in [6.07, 6.45) is 1.72. The first kappa shape index (κ1) is 42.0. The average molecular weight is 658 g/mol. The molecule has 0 aromatic rings. The highest BCUT2D eigenvalue weighted by molar-refractivity contribution is 5.96. The molecule has 0 radical (unpaired) electrons. The van der Waals surface area contributed by atoms with Gasteiger partial charge in [-0.05, 0) is 37.5 Å². The van der Waals surface area contributed by atoms with Crippen LogP contribution in [0.15, 0.2) is 4.99 Å². The quantitative estimate of drug-likeness (QED) is 0.0354. The molecular weight excluding hydrogens is 602 g/mol. The van der Waals surface area contributed by atoms with Crippen molar-refractivity contribution in [3.63, 3.8) is 0 Å². The number of aliphatic carboxylic acids is 1. The Balaban J connectivity index is 5.73. The van der Waals surface area contributed by atoms with E-state index in [4.69, 9.17) is 27.4 Å². The Hall–Kier alpha value is -3.99. The maximum absolute atomic E-state index is 13.5. The van der Waals surface area contributed by atoms with E-state index in [9.17, 15) is 28.8 Å². The Morgan fingerprint density at radius 2 is 1.15 bits per heavy atom. The summed E-state index contributed by atoms with van der Waals surface area (Å²) in [7, 11) is 0. The third-order valence-electron chi connectivity index (χ3n) is 7.69. The molecule has 0 bridgehead atoms. The molecule has 17 nitrogen and oxygen atoms in total.